The van der Waals surface area contributed by atoms with E-state index in [4.69, 9.17) is 4.74 Å². The number of allylic oxidation sites excluding steroid dienone is 1. The fraction of sp³-hybridized carbons (Fsp3) is 0.643. The lowest BCUT2D eigenvalue weighted by molar-refractivity contribution is -0.117. The van der Waals surface area contributed by atoms with Crippen LogP contribution in [0.3, 0.4) is 0 Å². The summed E-state index contributed by atoms with van der Waals surface area (Å²) in [6, 6.07) is 0.591. The van der Waals surface area contributed by atoms with Crippen LogP contribution < -0.4 is 0 Å². The van der Waals surface area contributed by atoms with E-state index in [1.54, 1.807) is 6.08 Å². The fourth-order valence-electron chi connectivity index (χ4n) is 2.20. The van der Waals surface area contributed by atoms with Crippen LogP contribution in [0.4, 0.5) is 0 Å². The minimum atomic E-state index is 0.111. The van der Waals surface area contributed by atoms with Crippen LogP contribution in [0, 0.1) is 5.92 Å². The number of nitrogens with zero attached hydrogens (tertiary/aromatic N) is 1. The number of morpholine rings is 1. The second-order valence-electron chi connectivity index (χ2n) is 4.76. The maximum absolute atomic E-state index is 11.3. The number of ether oxygens (including phenoxy) is 1. The van der Waals surface area contributed by atoms with E-state index in [1.807, 2.05) is 19.9 Å². The first kappa shape index (κ1) is 14.1. The van der Waals surface area contributed by atoms with E-state index in [2.05, 4.69) is 18.1 Å². The Morgan fingerprint density at radius 1 is 1.53 bits per heavy atom. The molecule has 0 N–H and O–H groups in total. The molecule has 2 bridgehead atoms. The topological polar surface area (TPSA) is 29.5 Å². The SMILES string of the molecule is C=C.CC(C)C(=O)/C=C/CN1CC2CC1CO2. The third-order valence-electron chi connectivity index (χ3n) is 3.20. The van der Waals surface area contributed by atoms with E-state index >= 15 is 0 Å². The first-order chi connectivity index (χ1) is 8.16. The van der Waals surface area contributed by atoms with Gasteiger partial charge in [-0.3, -0.25) is 9.69 Å². The molecule has 17 heavy (non-hydrogen) atoms. The molecular weight excluding hydrogens is 214 g/mol. The number of carbonyl (C=O) groups excluding carboxylic acids is 1. The molecule has 2 aliphatic heterocycles. The molecule has 0 aromatic rings. The molecule has 0 radical (unpaired) electrons. The van der Waals surface area contributed by atoms with Crippen molar-refractivity contribution in [1.82, 2.24) is 4.90 Å². The van der Waals surface area contributed by atoms with Crippen LogP contribution in [-0.4, -0.2) is 42.5 Å². The molecular formula is C14H23NO2. The van der Waals surface area contributed by atoms with Crippen LogP contribution in [0.1, 0.15) is 20.3 Å². The summed E-state index contributed by atoms with van der Waals surface area (Å²) in [6.45, 7) is 12.7. The van der Waals surface area contributed by atoms with Gasteiger partial charge in [0.25, 0.3) is 0 Å². The van der Waals surface area contributed by atoms with E-state index in [0.717, 1.165) is 19.7 Å². The van der Waals surface area contributed by atoms with E-state index in [-0.39, 0.29) is 11.7 Å². The monoisotopic (exact) mass is 237 g/mol. The van der Waals surface area contributed by atoms with E-state index in [0.29, 0.717) is 12.1 Å². The van der Waals surface area contributed by atoms with Gasteiger partial charge in [0.2, 0.25) is 0 Å². The summed E-state index contributed by atoms with van der Waals surface area (Å²) in [5.41, 5.74) is 0. The highest BCUT2D eigenvalue weighted by Crippen LogP contribution is 2.27. The molecule has 0 saturated carbocycles. The van der Waals surface area contributed by atoms with Crippen molar-refractivity contribution in [2.75, 3.05) is 19.7 Å². The Morgan fingerprint density at radius 2 is 2.24 bits per heavy atom. The largest absolute Gasteiger partial charge is 0.375 e. The molecule has 3 heteroatoms. The summed E-state index contributed by atoms with van der Waals surface area (Å²) < 4.78 is 5.52. The summed E-state index contributed by atoms with van der Waals surface area (Å²) in [6.07, 6.45) is 5.33. The van der Waals surface area contributed by atoms with E-state index in [1.165, 1.54) is 6.42 Å². The molecule has 0 aromatic heterocycles. The van der Waals surface area contributed by atoms with Gasteiger partial charge in [0, 0.05) is 25.0 Å². The molecule has 2 rings (SSSR count). The minimum absolute atomic E-state index is 0.111. The molecule has 2 fully saturated rings. The Bertz CT molecular complexity index is 286. The number of hydrogen-bond acceptors (Lipinski definition) is 3. The van der Waals surface area contributed by atoms with Crippen molar-refractivity contribution >= 4 is 5.78 Å². The summed E-state index contributed by atoms with van der Waals surface area (Å²) in [4.78, 5) is 13.7. The highest BCUT2D eigenvalue weighted by atomic mass is 16.5. The zero-order chi connectivity index (χ0) is 12.8. The van der Waals surface area contributed by atoms with Gasteiger partial charge in [-0.2, -0.15) is 0 Å². The summed E-state index contributed by atoms with van der Waals surface area (Å²) in [7, 11) is 0. The second-order valence-corrected chi connectivity index (χ2v) is 4.76. The number of rotatable bonds is 4. The molecule has 3 nitrogen and oxygen atoms in total. The first-order valence-electron chi connectivity index (χ1n) is 6.23. The Balaban J connectivity index is 0.000000686. The van der Waals surface area contributed by atoms with Crippen LogP contribution in [-0.2, 0) is 9.53 Å². The lowest BCUT2D eigenvalue weighted by Gasteiger charge is -2.25. The van der Waals surface area contributed by atoms with Crippen molar-refractivity contribution in [3.63, 3.8) is 0 Å². The second kappa shape index (κ2) is 6.72. The maximum Gasteiger partial charge on any atom is 0.157 e. The Morgan fingerprint density at radius 3 is 2.71 bits per heavy atom. The van der Waals surface area contributed by atoms with Crippen molar-refractivity contribution in [2.45, 2.75) is 32.4 Å². The maximum atomic E-state index is 11.3. The van der Waals surface area contributed by atoms with E-state index in [9.17, 15) is 4.79 Å². The molecule has 2 atom stereocenters. The van der Waals surface area contributed by atoms with E-state index < -0.39 is 0 Å². The van der Waals surface area contributed by atoms with Crippen LogP contribution in [0.5, 0.6) is 0 Å². The van der Waals surface area contributed by atoms with Crippen molar-refractivity contribution in [2.24, 2.45) is 5.92 Å². The molecule has 0 aliphatic carbocycles. The normalized spacial score (nSPS) is 27.5. The van der Waals surface area contributed by atoms with Gasteiger partial charge in [0.05, 0.1) is 12.7 Å². The highest BCUT2D eigenvalue weighted by molar-refractivity contribution is 5.91. The number of carbonyl (C=O) groups is 1. The van der Waals surface area contributed by atoms with Crippen LogP contribution >= 0.6 is 0 Å². The van der Waals surface area contributed by atoms with Crippen LogP contribution in [0.25, 0.3) is 0 Å². The molecule has 0 aromatic carbocycles. The lowest BCUT2D eigenvalue weighted by Crippen LogP contribution is -2.36. The summed E-state index contributed by atoms with van der Waals surface area (Å²) >= 11 is 0. The third-order valence-corrected chi connectivity index (χ3v) is 3.20. The molecule has 2 saturated heterocycles. The lowest BCUT2D eigenvalue weighted by atomic mass is 10.1. The van der Waals surface area contributed by atoms with Gasteiger partial charge in [0.15, 0.2) is 5.78 Å². The standard InChI is InChI=1S/C12H19NO2.C2H4/c1-9(2)12(14)4-3-5-13-7-11-6-10(13)8-15-11;1-2/h3-4,9-11H,5-8H2,1-2H3;1-2H2/b4-3+;. The van der Waals surface area contributed by atoms with Gasteiger partial charge in [-0.05, 0) is 12.5 Å². The predicted molar refractivity (Wildman–Crippen MR) is 70.0 cm³/mol. The predicted octanol–water partition coefficient (Wildman–Crippen LogP) is 2.04. The van der Waals surface area contributed by atoms with Crippen molar-refractivity contribution in [3.8, 4) is 0 Å². The molecule has 2 aliphatic rings. The molecule has 2 heterocycles. The Labute approximate surface area is 104 Å². The van der Waals surface area contributed by atoms with Gasteiger partial charge in [0.1, 0.15) is 0 Å². The average molecular weight is 237 g/mol. The number of fused-ring (bicyclic) bond motifs is 2. The molecule has 0 amide bonds. The zero-order valence-electron chi connectivity index (χ0n) is 10.9. The number of ketones is 1. The Kier molecular flexibility index (Phi) is 5.59. The van der Waals surface area contributed by atoms with Crippen LogP contribution in [0.15, 0.2) is 25.3 Å². The fourth-order valence-corrected chi connectivity index (χ4v) is 2.20. The average Bonchev–Trinajstić information content (AvgIpc) is 2.93. The smallest absolute Gasteiger partial charge is 0.157 e. The van der Waals surface area contributed by atoms with Gasteiger partial charge in [-0.1, -0.05) is 19.9 Å². The number of likely N-dealkylation sites (tertiary alicyclic amines) is 1. The zero-order valence-corrected chi connectivity index (χ0v) is 10.9. The minimum Gasteiger partial charge on any atom is -0.375 e. The quantitative estimate of drug-likeness (QED) is 0.553. The first-order valence-corrected chi connectivity index (χ1v) is 6.23. The summed E-state index contributed by atoms with van der Waals surface area (Å²) in [5.74, 6) is 0.329. The molecule has 96 valence electrons. The van der Waals surface area contributed by atoms with Crippen molar-refractivity contribution in [3.05, 3.63) is 25.3 Å². The van der Waals surface area contributed by atoms with Crippen molar-refractivity contribution in [1.29, 1.82) is 0 Å². The molecule has 0 spiro atoms. The van der Waals surface area contributed by atoms with Gasteiger partial charge >= 0.3 is 0 Å². The van der Waals surface area contributed by atoms with Gasteiger partial charge in [-0.15, -0.1) is 13.2 Å². The van der Waals surface area contributed by atoms with Crippen molar-refractivity contribution < 1.29 is 9.53 Å². The summed E-state index contributed by atoms with van der Waals surface area (Å²) in [5, 5.41) is 0. The Hall–Kier alpha value is -0.930. The number of hydrogen-bond donors (Lipinski definition) is 0. The van der Waals surface area contributed by atoms with Crippen LogP contribution in [0.2, 0.25) is 0 Å². The molecule has 2 unspecified atom stereocenters. The highest BCUT2D eigenvalue weighted by Gasteiger charge is 2.37. The third kappa shape index (κ3) is 3.79. The van der Waals surface area contributed by atoms with Gasteiger partial charge in [-0.25, -0.2) is 0 Å². The van der Waals surface area contributed by atoms with Gasteiger partial charge < -0.3 is 4.74 Å².